The van der Waals surface area contributed by atoms with Crippen molar-refractivity contribution in [3.8, 4) is 0 Å². The number of hydrogen-bond acceptors (Lipinski definition) is 6. The fourth-order valence-electron chi connectivity index (χ4n) is 2.76. The lowest BCUT2D eigenvalue weighted by atomic mass is 10.2. The Bertz CT molecular complexity index is 580. The molecule has 2 fully saturated rings. The molecular formula is C15H21N5O3. The third-order valence-corrected chi connectivity index (χ3v) is 4.11. The average molecular weight is 319 g/mol. The Hall–Kier alpha value is -2.22. The number of rotatable bonds is 3. The lowest BCUT2D eigenvalue weighted by Crippen LogP contribution is -2.48. The molecule has 1 aromatic rings. The first-order valence-corrected chi connectivity index (χ1v) is 7.84. The highest BCUT2D eigenvalue weighted by Gasteiger charge is 2.24. The number of anilines is 1. The molecule has 0 bridgehead atoms. The largest absolute Gasteiger partial charge is 0.378 e. The summed E-state index contributed by atoms with van der Waals surface area (Å²) in [7, 11) is 0. The maximum atomic E-state index is 12.7. The van der Waals surface area contributed by atoms with Gasteiger partial charge in [-0.2, -0.15) is 0 Å². The van der Waals surface area contributed by atoms with Crippen LogP contribution in [-0.2, 0) is 9.53 Å². The van der Waals surface area contributed by atoms with Crippen LogP contribution in [0.25, 0.3) is 0 Å². The van der Waals surface area contributed by atoms with E-state index in [1.807, 2.05) is 11.8 Å². The Balaban J connectivity index is 1.75. The van der Waals surface area contributed by atoms with E-state index in [1.165, 1.54) is 0 Å². The number of ether oxygens (including phenoxy) is 1. The van der Waals surface area contributed by atoms with Crippen LogP contribution in [0.5, 0.6) is 0 Å². The zero-order valence-corrected chi connectivity index (χ0v) is 13.3. The summed E-state index contributed by atoms with van der Waals surface area (Å²) in [6, 6.07) is 1.72. The average Bonchev–Trinajstić information content (AvgIpc) is 2.61. The van der Waals surface area contributed by atoms with Crippen LogP contribution in [0.1, 0.15) is 16.2 Å². The molecule has 0 radical (unpaired) electrons. The first-order chi connectivity index (χ1) is 11.2. The molecule has 3 heterocycles. The summed E-state index contributed by atoms with van der Waals surface area (Å²) in [5, 5.41) is 0. The molecule has 3 rings (SSSR count). The van der Waals surface area contributed by atoms with E-state index in [2.05, 4.69) is 9.97 Å². The molecular weight excluding hydrogens is 298 g/mol. The number of aryl methyl sites for hydroxylation is 1. The Kier molecular flexibility index (Phi) is 4.71. The predicted molar refractivity (Wildman–Crippen MR) is 83.3 cm³/mol. The minimum Gasteiger partial charge on any atom is -0.378 e. The van der Waals surface area contributed by atoms with Crippen LogP contribution in [-0.4, -0.2) is 84.6 Å². The predicted octanol–water partition coefficient (Wildman–Crippen LogP) is -0.464. The van der Waals surface area contributed by atoms with E-state index in [-0.39, 0.29) is 5.91 Å². The van der Waals surface area contributed by atoms with Gasteiger partial charge in [0.1, 0.15) is 5.69 Å². The molecule has 0 saturated carbocycles. The number of morpholine rings is 1. The van der Waals surface area contributed by atoms with Crippen molar-refractivity contribution >= 4 is 18.3 Å². The summed E-state index contributed by atoms with van der Waals surface area (Å²) >= 11 is 0. The van der Waals surface area contributed by atoms with Crippen LogP contribution in [0.2, 0.25) is 0 Å². The van der Waals surface area contributed by atoms with Gasteiger partial charge in [-0.05, 0) is 13.0 Å². The molecule has 8 heteroatoms. The second-order valence-electron chi connectivity index (χ2n) is 5.73. The molecule has 0 aromatic carbocycles. The summed E-state index contributed by atoms with van der Waals surface area (Å²) in [6.45, 7) is 6.83. The van der Waals surface area contributed by atoms with Gasteiger partial charge in [-0.1, -0.05) is 0 Å². The zero-order chi connectivity index (χ0) is 16.2. The normalized spacial score (nSPS) is 18.9. The van der Waals surface area contributed by atoms with Gasteiger partial charge in [-0.3, -0.25) is 9.59 Å². The van der Waals surface area contributed by atoms with E-state index < -0.39 is 0 Å². The lowest BCUT2D eigenvalue weighted by Gasteiger charge is -2.32. The van der Waals surface area contributed by atoms with Gasteiger partial charge in [0.05, 0.1) is 13.2 Å². The highest BCUT2D eigenvalue weighted by molar-refractivity contribution is 5.92. The van der Waals surface area contributed by atoms with E-state index in [9.17, 15) is 9.59 Å². The van der Waals surface area contributed by atoms with E-state index in [0.29, 0.717) is 51.0 Å². The molecule has 8 nitrogen and oxygen atoms in total. The molecule has 2 aliphatic rings. The molecule has 0 atom stereocenters. The Morgan fingerprint density at radius 2 is 1.83 bits per heavy atom. The number of carbonyl (C=O) groups excluding carboxylic acids is 2. The quantitative estimate of drug-likeness (QED) is 0.701. The van der Waals surface area contributed by atoms with Crippen molar-refractivity contribution in [1.29, 1.82) is 0 Å². The monoisotopic (exact) mass is 319 g/mol. The molecule has 0 N–H and O–H groups in total. The number of piperazine rings is 1. The van der Waals surface area contributed by atoms with Gasteiger partial charge in [0.15, 0.2) is 0 Å². The Morgan fingerprint density at radius 3 is 2.48 bits per heavy atom. The van der Waals surface area contributed by atoms with Gasteiger partial charge in [0.2, 0.25) is 12.4 Å². The molecule has 0 aliphatic carbocycles. The van der Waals surface area contributed by atoms with Crippen LogP contribution >= 0.6 is 0 Å². The van der Waals surface area contributed by atoms with Crippen LogP contribution in [0.15, 0.2) is 6.07 Å². The number of nitrogens with zero attached hydrogens (tertiary/aromatic N) is 5. The van der Waals surface area contributed by atoms with Crippen molar-refractivity contribution < 1.29 is 14.3 Å². The van der Waals surface area contributed by atoms with Crippen molar-refractivity contribution in [2.45, 2.75) is 6.92 Å². The van der Waals surface area contributed by atoms with Crippen LogP contribution in [0.4, 0.5) is 5.95 Å². The van der Waals surface area contributed by atoms with Gasteiger partial charge in [0.25, 0.3) is 5.91 Å². The SMILES string of the molecule is Cc1cc(C(=O)N2CCN(C=O)CC2)nc(N2CCOCC2)n1. The topological polar surface area (TPSA) is 78.9 Å². The smallest absolute Gasteiger partial charge is 0.272 e. The van der Waals surface area contributed by atoms with Gasteiger partial charge in [-0.25, -0.2) is 9.97 Å². The summed E-state index contributed by atoms with van der Waals surface area (Å²) in [4.78, 5) is 37.8. The zero-order valence-electron chi connectivity index (χ0n) is 13.3. The lowest BCUT2D eigenvalue weighted by molar-refractivity contribution is -0.119. The van der Waals surface area contributed by atoms with Crippen molar-refractivity contribution in [2.24, 2.45) is 0 Å². The standard InChI is InChI=1S/C15H21N5O3/c1-12-10-13(14(22)19-4-2-18(11-21)3-5-19)17-15(16-12)20-6-8-23-9-7-20/h10-11H,2-9H2,1H3. The highest BCUT2D eigenvalue weighted by atomic mass is 16.5. The summed E-state index contributed by atoms with van der Waals surface area (Å²) in [5.41, 5.74) is 1.19. The van der Waals surface area contributed by atoms with E-state index in [1.54, 1.807) is 15.9 Å². The van der Waals surface area contributed by atoms with Gasteiger partial charge < -0.3 is 19.4 Å². The van der Waals surface area contributed by atoms with Crippen molar-refractivity contribution in [3.05, 3.63) is 17.5 Å². The second-order valence-corrected chi connectivity index (χ2v) is 5.73. The molecule has 1 aromatic heterocycles. The first kappa shape index (κ1) is 15.7. The summed E-state index contributed by atoms with van der Waals surface area (Å²) in [6.07, 6.45) is 0.827. The number of aromatic nitrogens is 2. The van der Waals surface area contributed by atoms with Crippen LogP contribution in [0, 0.1) is 6.92 Å². The van der Waals surface area contributed by atoms with Gasteiger partial charge in [0, 0.05) is 45.0 Å². The minimum atomic E-state index is -0.101. The molecule has 23 heavy (non-hydrogen) atoms. The Morgan fingerprint density at radius 1 is 1.13 bits per heavy atom. The van der Waals surface area contributed by atoms with Crippen molar-refractivity contribution in [3.63, 3.8) is 0 Å². The summed E-state index contributed by atoms with van der Waals surface area (Å²) < 4.78 is 5.34. The number of hydrogen-bond donors (Lipinski definition) is 0. The first-order valence-electron chi connectivity index (χ1n) is 7.84. The minimum absolute atomic E-state index is 0.101. The van der Waals surface area contributed by atoms with Gasteiger partial charge in [-0.15, -0.1) is 0 Å². The maximum Gasteiger partial charge on any atom is 0.272 e. The van der Waals surface area contributed by atoms with Crippen LogP contribution in [0.3, 0.4) is 0 Å². The molecule has 2 saturated heterocycles. The van der Waals surface area contributed by atoms with Gasteiger partial charge >= 0.3 is 0 Å². The van der Waals surface area contributed by atoms with E-state index in [4.69, 9.17) is 4.74 Å². The fraction of sp³-hybridized carbons (Fsp3) is 0.600. The molecule has 0 spiro atoms. The maximum absolute atomic E-state index is 12.7. The van der Waals surface area contributed by atoms with Crippen LogP contribution < -0.4 is 4.90 Å². The number of amides is 2. The molecule has 0 unspecified atom stereocenters. The van der Waals surface area contributed by atoms with Crippen molar-refractivity contribution in [1.82, 2.24) is 19.8 Å². The third kappa shape index (κ3) is 3.58. The van der Waals surface area contributed by atoms with E-state index in [0.717, 1.165) is 25.2 Å². The van der Waals surface area contributed by atoms with E-state index >= 15 is 0 Å². The molecule has 2 aliphatic heterocycles. The highest BCUT2D eigenvalue weighted by Crippen LogP contribution is 2.14. The third-order valence-electron chi connectivity index (χ3n) is 4.11. The number of carbonyl (C=O) groups is 2. The fourth-order valence-corrected chi connectivity index (χ4v) is 2.76. The summed E-state index contributed by atoms with van der Waals surface area (Å²) in [5.74, 6) is 0.485. The molecule has 124 valence electrons. The second kappa shape index (κ2) is 6.91. The van der Waals surface area contributed by atoms with Crippen molar-refractivity contribution in [2.75, 3.05) is 57.4 Å². The molecule has 2 amide bonds. The Labute approximate surface area is 135 Å².